The number of benzene rings is 1. The zero-order valence-electron chi connectivity index (χ0n) is 14.2. The molecule has 0 unspecified atom stereocenters. The van der Waals surface area contributed by atoms with Crippen molar-refractivity contribution in [3.8, 4) is 6.07 Å². The Kier molecular flexibility index (Phi) is 10.1. The van der Waals surface area contributed by atoms with Gasteiger partial charge in [-0.25, -0.2) is 0 Å². The molecule has 1 rings (SSSR count). The van der Waals surface area contributed by atoms with E-state index in [1.807, 2.05) is 31.2 Å². The number of anilines is 1. The van der Waals surface area contributed by atoms with E-state index in [1.54, 1.807) is 0 Å². The van der Waals surface area contributed by atoms with E-state index in [2.05, 4.69) is 40.1 Å². The highest BCUT2D eigenvalue weighted by Crippen LogP contribution is 2.18. The number of hydrogen-bond donors (Lipinski definition) is 2. The average molecular weight is 441 g/mol. The number of carbonyl (C=O) groups is 1. The van der Waals surface area contributed by atoms with E-state index in [9.17, 15) is 4.79 Å². The maximum absolute atomic E-state index is 12.2. The maximum Gasteiger partial charge on any atom is 0.267 e. The maximum atomic E-state index is 12.2. The molecular weight excluding hydrogens is 417 g/mol. The van der Waals surface area contributed by atoms with Crippen molar-refractivity contribution in [2.24, 2.45) is 0 Å². The fourth-order valence-corrected chi connectivity index (χ4v) is 2.55. The highest BCUT2D eigenvalue weighted by molar-refractivity contribution is 14.1. The molecule has 1 aromatic carbocycles. The Hall–Kier alpha value is -1.59. The third-order valence-corrected chi connectivity index (χ3v) is 3.97. The van der Waals surface area contributed by atoms with Crippen LogP contribution in [0.2, 0.25) is 0 Å². The van der Waals surface area contributed by atoms with Crippen molar-refractivity contribution >= 4 is 34.2 Å². The zero-order chi connectivity index (χ0) is 17.8. The normalized spacial score (nSPS) is 11.0. The molecule has 0 spiro atoms. The lowest BCUT2D eigenvalue weighted by molar-refractivity contribution is -0.112. The smallest absolute Gasteiger partial charge is 0.267 e. The fraction of sp³-hybridized carbons (Fsp3) is 0.444. The summed E-state index contributed by atoms with van der Waals surface area (Å²) < 4.78 is 6.55. The van der Waals surface area contributed by atoms with Crippen LogP contribution in [0.1, 0.15) is 31.7 Å². The number of amides is 1. The monoisotopic (exact) mass is 441 g/mol. The second-order valence-corrected chi connectivity index (χ2v) is 6.60. The average Bonchev–Trinajstić information content (AvgIpc) is 2.56. The van der Waals surface area contributed by atoms with Crippen LogP contribution in [0.4, 0.5) is 5.69 Å². The minimum absolute atomic E-state index is 0.0554. The molecule has 0 atom stereocenters. The first-order chi connectivity index (χ1) is 11.6. The standard InChI is InChI=1S/C18H24IN3O2/c1-3-4-9-24-10-5-8-21-13-15(12-20)18(23)22-17-7-6-16(19)11-14(17)2/h6-7,11,13,21H,3-5,8-10H2,1-2H3,(H,22,23)/b15-13-. The van der Waals surface area contributed by atoms with E-state index in [0.29, 0.717) is 18.8 Å². The molecule has 0 saturated carbocycles. The van der Waals surface area contributed by atoms with Gasteiger partial charge in [0, 0.05) is 35.2 Å². The van der Waals surface area contributed by atoms with Gasteiger partial charge in [-0.2, -0.15) is 5.26 Å². The number of nitrogens with zero attached hydrogens (tertiary/aromatic N) is 1. The minimum Gasteiger partial charge on any atom is -0.390 e. The molecule has 1 aromatic rings. The van der Waals surface area contributed by atoms with Crippen LogP contribution in [0.5, 0.6) is 0 Å². The number of carbonyl (C=O) groups excluding carboxylic acids is 1. The molecule has 6 heteroatoms. The van der Waals surface area contributed by atoms with Crippen molar-refractivity contribution in [2.45, 2.75) is 33.1 Å². The van der Waals surface area contributed by atoms with Gasteiger partial charge in [0.15, 0.2) is 0 Å². The highest BCUT2D eigenvalue weighted by atomic mass is 127. The molecule has 0 bridgehead atoms. The van der Waals surface area contributed by atoms with Crippen LogP contribution >= 0.6 is 22.6 Å². The van der Waals surface area contributed by atoms with Gasteiger partial charge in [0.2, 0.25) is 0 Å². The molecule has 0 saturated heterocycles. The Labute approximate surface area is 157 Å². The van der Waals surface area contributed by atoms with Crippen LogP contribution in [-0.2, 0) is 9.53 Å². The lowest BCUT2D eigenvalue weighted by atomic mass is 10.2. The second kappa shape index (κ2) is 11.9. The summed E-state index contributed by atoms with van der Waals surface area (Å²) in [7, 11) is 0. The molecule has 0 aliphatic heterocycles. The van der Waals surface area contributed by atoms with Crippen molar-refractivity contribution in [2.75, 3.05) is 25.1 Å². The van der Waals surface area contributed by atoms with Crippen molar-refractivity contribution in [3.63, 3.8) is 0 Å². The number of unbranched alkanes of at least 4 members (excludes halogenated alkanes) is 1. The summed E-state index contributed by atoms with van der Waals surface area (Å²) in [6, 6.07) is 7.65. The van der Waals surface area contributed by atoms with Crippen molar-refractivity contribution in [1.29, 1.82) is 5.26 Å². The molecule has 2 N–H and O–H groups in total. The number of nitrogens with one attached hydrogen (secondary N) is 2. The Bertz CT molecular complexity index is 609. The van der Waals surface area contributed by atoms with Gasteiger partial charge in [-0.15, -0.1) is 0 Å². The van der Waals surface area contributed by atoms with Gasteiger partial charge in [-0.05, 0) is 66.1 Å². The molecule has 0 fully saturated rings. The van der Waals surface area contributed by atoms with Crippen LogP contribution in [0.3, 0.4) is 0 Å². The summed E-state index contributed by atoms with van der Waals surface area (Å²) >= 11 is 2.22. The second-order valence-electron chi connectivity index (χ2n) is 5.36. The van der Waals surface area contributed by atoms with Gasteiger partial charge in [0.25, 0.3) is 5.91 Å². The SMILES string of the molecule is CCCCOCCCN/C=C(/C#N)C(=O)Nc1ccc(I)cc1C. The molecule has 24 heavy (non-hydrogen) atoms. The summed E-state index contributed by atoms with van der Waals surface area (Å²) in [6.45, 7) is 6.17. The quantitative estimate of drug-likeness (QED) is 0.251. The molecule has 0 aliphatic rings. The van der Waals surface area contributed by atoms with Crippen molar-refractivity contribution in [1.82, 2.24) is 5.32 Å². The lowest BCUT2D eigenvalue weighted by Gasteiger charge is -2.08. The van der Waals surface area contributed by atoms with Gasteiger partial charge in [0.05, 0.1) is 0 Å². The number of ether oxygens (including phenoxy) is 1. The number of rotatable bonds is 10. The first-order valence-corrected chi connectivity index (χ1v) is 9.15. The van der Waals surface area contributed by atoms with E-state index in [4.69, 9.17) is 10.00 Å². The third kappa shape index (κ3) is 7.79. The van der Waals surface area contributed by atoms with E-state index >= 15 is 0 Å². The highest BCUT2D eigenvalue weighted by Gasteiger charge is 2.10. The molecule has 5 nitrogen and oxygen atoms in total. The lowest BCUT2D eigenvalue weighted by Crippen LogP contribution is -2.18. The van der Waals surface area contributed by atoms with Crippen molar-refractivity contribution < 1.29 is 9.53 Å². The van der Waals surface area contributed by atoms with Gasteiger partial charge in [-0.3, -0.25) is 4.79 Å². The summed E-state index contributed by atoms with van der Waals surface area (Å²) in [5.41, 5.74) is 1.73. The summed E-state index contributed by atoms with van der Waals surface area (Å²) in [5, 5.41) is 14.9. The third-order valence-electron chi connectivity index (χ3n) is 3.30. The first kappa shape index (κ1) is 20.5. The Balaban J connectivity index is 2.41. The summed E-state index contributed by atoms with van der Waals surface area (Å²) in [6.07, 6.45) is 4.49. The Morgan fingerprint density at radius 1 is 1.38 bits per heavy atom. The minimum atomic E-state index is -0.409. The molecule has 0 heterocycles. The van der Waals surface area contributed by atoms with E-state index in [1.165, 1.54) is 6.20 Å². The molecule has 0 aliphatic carbocycles. The van der Waals surface area contributed by atoms with Crippen LogP contribution in [0.25, 0.3) is 0 Å². The summed E-state index contributed by atoms with van der Waals surface area (Å²) in [4.78, 5) is 12.2. The number of hydrogen-bond acceptors (Lipinski definition) is 4. The molecule has 1 amide bonds. The number of nitriles is 1. The Morgan fingerprint density at radius 3 is 2.79 bits per heavy atom. The zero-order valence-corrected chi connectivity index (χ0v) is 16.4. The Morgan fingerprint density at radius 2 is 2.12 bits per heavy atom. The van der Waals surface area contributed by atoms with E-state index in [0.717, 1.165) is 35.0 Å². The van der Waals surface area contributed by atoms with Gasteiger partial charge < -0.3 is 15.4 Å². The van der Waals surface area contributed by atoms with Crippen molar-refractivity contribution in [3.05, 3.63) is 39.1 Å². The van der Waals surface area contributed by atoms with Gasteiger partial charge >= 0.3 is 0 Å². The van der Waals surface area contributed by atoms with Gasteiger partial charge in [-0.1, -0.05) is 13.3 Å². The molecule has 0 radical (unpaired) electrons. The molecule has 130 valence electrons. The van der Waals surface area contributed by atoms with Crippen LogP contribution < -0.4 is 10.6 Å². The van der Waals surface area contributed by atoms with Crippen LogP contribution in [0.15, 0.2) is 30.0 Å². The largest absolute Gasteiger partial charge is 0.390 e. The topological polar surface area (TPSA) is 74.1 Å². The fourth-order valence-electron chi connectivity index (χ4n) is 1.90. The summed E-state index contributed by atoms with van der Waals surface area (Å²) in [5.74, 6) is -0.409. The van der Waals surface area contributed by atoms with E-state index < -0.39 is 5.91 Å². The molecule has 0 aromatic heterocycles. The van der Waals surface area contributed by atoms with Crippen LogP contribution in [0, 0.1) is 21.8 Å². The van der Waals surface area contributed by atoms with Gasteiger partial charge in [0.1, 0.15) is 11.6 Å². The number of halogens is 1. The van der Waals surface area contributed by atoms with E-state index in [-0.39, 0.29) is 5.57 Å². The van der Waals surface area contributed by atoms with Crippen LogP contribution in [-0.4, -0.2) is 25.7 Å². The predicted molar refractivity (Wildman–Crippen MR) is 105 cm³/mol. The number of aryl methyl sites for hydroxylation is 1. The predicted octanol–water partition coefficient (Wildman–Crippen LogP) is 3.74. The first-order valence-electron chi connectivity index (χ1n) is 8.07. The molecular formula is C18H24IN3O2.